The molecule has 0 bridgehead atoms. The highest BCUT2D eigenvalue weighted by molar-refractivity contribution is 4.80. The highest BCUT2D eigenvalue weighted by atomic mass is 16.6. The van der Waals surface area contributed by atoms with Gasteiger partial charge in [-0.15, -0.1) is 0 Å². The van der Waals surface area contributed by atoms with E-state index in [0.29, 0.717) is 6.61 Å². The number of nitrogens with two attached hydrogens (primary N) is 1. The third-order valence-electron chi connectivity index (χ3n) is 3.15. The van der Waals surface area contributed by atoms with Crippen LogP contribution in [0, 0.1) is 5.92 Å². The second-order valence-electron chi connectivity index (χ2n) is 4.64. The molecule has 4 heteroatoms. The molecule has 17 heavy (non-hydrogen) atoms. The summed E-state index contributed by atoms with van der Waals surface area (Å²) in [6.45, 7) is 7.51. The topological polar surface area (TPSA) is 53.7 Å². The van der Waals surface area contributed by atoms with Crippen LogP contribution in [0.4, 0.5) is 0 Å². The number of hydrogen-bond acceptors (Lipinski definition) is 4. The number of hydrogen-bond donors (Lipinski definition) is 1. The molecule has 4 atom stereocenters. The van der Waals surface area contributed by atoms with Gasteiger partial charge < -0.3 is 19.9 Å². The lowest BCUT2D eigenvalue weighted by molar-refractivity contribution is -0.106. The smallest absolute Gasteiger partial charge is 0.107 e. The standard InChI is InChI=1S/C13H29NO3/c1-6-7-8-17-12(9-15-4)13(16-5)10(2)11(3)14/h10-13H,6-9,14H2,1-5H3/t10?,11-,12?,13?/m0/s1. The lowest BCUT2D eigenvalue weighted by Gasteiger charge is -2.32. The van der Waals surface area contributed by atoms with Crippen molar-refractivity contribution in [2.75, 3.05) is 27.4 Å². The van der Waals surface area contributed by atoms with Crippen molar-refractivity contribution >= 4 is 0 Å². The van der Waals surface area contributed by atoms with E-state index in [1.54, 1.807) is 14.2 Å². The molecule has 3 unspecified atom stereocenters. The van der Waals surface area contributed by atoms with E-state index in [-0.39, 0.29) is 24.2 Å². The molecule has 0 amide bonds. The SMILES string of the molecule is CCCCOC(COC)C(OC)C(C)[C@H](C)N. The van der Waals surface area contributed by atoms with Crippen molar-refractivity contribution in [2.24, 2.45) is 11.7 Å². The van der Waals surface area contributed by atoms with Crippen molar-refractivity contribution in [1.82, 2.24) is 0 Å². The van der Waals surface area contributed by atoms with Gasteiger partial charge in [-0.05, 0) is 19.3 Å². The van der Waals surface area contributed by atoms with Gasteiger partial charge in [-0.25, -0.2) is 0 Å². The fraction of sp³-hybridized carbons (Fsp3) is 1.00. The summed E-state index contributed by atoms with van der Waals surface area (Å²) in [5.74, 6) is 0.238. The van der Waals surface area contributed by atoms with E-state index in [0.717, 1.165) is 19.4 Å². The largest absolute Gasteiger partial charge is 0.382 e. The maximum Gasteiger partial charge on any atom is 0.107 e. The van der Waals surface area contributed by atoms with E-state index in [4.69, 9.17) is 19.9 Å². The molecule has 4 nitrogen and oxygen atoms in total. The van der Waals surface area contributed by atoms with Gasteiger partial charge in [-0.1, -0.05) is 20.3 Å². The number of methoxy groups -OCH3 is 2. The fourth-order valence-electron chi connectivity index (χ4n) is 1.79. The molecule has 0 aliphatic rings. The minimum Gasteiger partial charge on any atom is -0.382 e. The van der Waals surface area contributed by atoms with Gasteiger partial charge in [0.25, 0.3) is 0 Å². The van der Waals surface area contributed by atoms with Crippen LogP contribution in [0.1, 0.15) is 33.6 Å². The Hall–Kier alpha value is -0.160. The quantitative estimate of drug-likeness (QED) is 0.598. The molecule has 0 saturated carbocycles. The molecule has 0 aliphatic carbocycles. The van der Waals surface area contributed by atoms with Crippen molar-refractivity contribution in [3.8, 4) is 0 Å². The average Bonchev–Trinajstić information content (AvgIpc) is 2.30. The predicted octanol–water partition coefficient (Wildman–Crippen LogP) is 1.82. The monoisotopic (exact) mass is 247 g/mol. The lowest BCUT2D eigenvalue weighted by Crippen LogP contribution is -2.45. The third kappa shape index (κ3) is 6.36. The third-order valence-corrected chi connectivity index (χ3v) is 3.15. The van der Waals surface area contributed by atoms with Gasteiger partial charge >= 0.3 is 0 Å². The molecule has 0 radical (unpaired) electrons. The zero-order valence-corrected chi connectivity index (χ0v) is 11.9. The van der Waals surface area contributed by atoms with Gasteiger partial charge in [-0.2, -0.15) is 0 Å². The fourth-order valence-corrected chi connectivity index (χ4v) is 1.79. The zero-order valence-electron chi connectivity index (χ0n) is 11.9. The van der Waals surface area contributed by atoms with Crippen molar-refractivity contribution in [3.05, 3.63) is 0 Å². The Morgan fingerprint density at radius 1 is 1.18 bits per heavy atom. The summed E-state index contributed by atoms with van der Waals surface area (Å²) < 4.78 is 16.6. The first kappa shape index (κ1) is 16.8. The average molecular weight is 247 g/mol. The highest BCUT2D eigenvalue weighted by Crippen LogP contribution is 2.17. The second-order valence-corrected chi connectivity index (χ2v) is 4.64. The van der Waals surface area contributed by atoms with Crippen LogP contribution in [0.3, 0.4) is 0 Å². The number of ether oxygens (including phenoxy) is 3. The van der Waals surface area contributed by atoms with E-state index < -0.39 is 0 Å². The van der Waals surface area contributed by atoms with Crippen molar-refractivity contribution in [1.29, 1.82) is 0 Å². The van der Waals surface area contributed by atoms with Crippen molar-refractivity contribution in [2.45, 2.75) is 51.9 Å². The van der Waals surface area contributed by atoms with E-state index in [1.165, 1.54) is 0 Å². The molecular formula is C13H29NO3. The molecule has 2 N–H and O–H groups in total. The van der Waals surface area contributed by atoms with E-state index in [9.17, 15) is 0 Å². The summed E-state index contributed by atoms with van der Waals surface area (Å²) >= 11 is 0. The predicted molar refractivity (Wildman–Crippen MR) is 70.1 cm³/mol. The summed E-state index contributed by atoms with van der Waals surface area (Å²) in [5.41, 5.74) is 5.92. The molecule has 0 rings (SSSR count). The van der Waals surface area contributed by atoms with E-state index in [1.807, 2.05) is 6.92 Å². The number of rotatable bonds is 10. The molecule has 0 saturated heterocycles. The molecule has 0 aliphatic heterocycles. The van der Waals surface area contributed by atoms with Gasteiger partial charge in [0.1, 0.15) is 6.10 Å². The van der Waals surface area contributed by atoms with Crippen molar-refractivity contribution < 1.29 is 14.2 Å². The number of unbranched alkanes of at least 4 members (excludes halogenated alkanes) is 1. The summed E-state index contributed by atoms with van der Waals surface area (Å²) in [6.07, 6.45) is 2.12. The molecule has 104 valence electrons. The molecular weight excluding hydrogens is 218 g/mol. The lowest BCUT2D eigenvalue weighted by atomic mass is 9.93. The Morgan fingerprint density at radius 2 is 1.82 bits per heavy atom. The van der Waals surface area contributed by atoms with Crippen LogP contribution in [0.2, 0.25) is 0 Å². The minimum atomic E-state index is -0.0439. The van der Waals surface area contributed by atoms with E-state index >= 15 is 0 Å². The van der Waals surface area contributed by atoms with Gasteiger partial charge in [0.2, 0.25) is 0 Å². The minimum absolute atomic E-state index is 0.0215. The Labute approximate surface area is 106 Å². The maximum atomic E-state index is 5.92. The van der Waals surface area contributed by atoms with Crippen LogP contribution in [-0.2, 0) is 14.2 Å². The zero-order chi connectivity index (χ0) is 13.3. The Bertz CT molecular complexity index is 176. The highest BCUT2D eigenvalue weighted by Gasteiger charge is 2.29. The molecule has 0 fully saturated rings. The van der Waals surface area contributed by atoms with Crippen molar-refractivity contribution in [3.63, 3.8) is 0 Å². The molecule has 0 aromatic rings. The van der Waals surface area contributed by atoms with Crippen LogP contribution in [-0.4, -0.2) is 45.7 Å². The van der Waals surface area contributed by atoms with Gasteiger partial charge in [-0.3, -0.25) is 0 Å². The maximum absolute atomic E-state index is 5.92. The molecule has 0 heterocycles. The summed E-state index contributed by atoms with van der Waals surface area (Å²) in [7, 11) is 3.38. The van der Waals surface area contributed by atoms with Gasteiger partial charge in [0.15, 0.2) is 0 Å². The van der Waals surface area contributed by atoms with Gasteiger partial charge in [0, 0.05) is 26.9 Å². The van der Waals surface area contributed by atoms with Crippen LogP contribution < -0.4 is 5.73 Å². The van der Waals surface area contributed by atoms with Crippen LogP contribution in [0.25, 0.3) is 0 Å². The molecule has 0 spiro atoms. The molecule has 0 aromatic heterocycles. The Morgan fingerprint density at radius 3 is 2.24 bits per heavy atom. The van der Waals surface area contributed by atoms with Crippen LogP contribution >= 0.6 is 0 Å². The second kappa shape index (κ2) is 9.83. The van der Waals surface area contributed by atoms with Crippen LogP contribution in [0.15, 0.2) is 0 Å². The van der Waals surface area contributed by atoms with Gasteiger partial charge in [0.05, 0.1) is 12.7 Å². The first-order valence-electron chi connectivity index (χ1n) is 6.47. The summed E-state index contributed by atoms with van der Waals surface area (Å²) in [6, 6.07) is 0.0779. The Kier molecular flexibility index (Phi) is 9.74. The summed E-state index contributed by atoms with van der Waals surface area (Å²) in [4.78, 5) is 0. The Balaban J connectivity index is 4.39. The normalized spacial score (nSPS) is 18.7. The van der Waals surface area contributed by atoms with Crippen LogP contribution in [0.5, 0.6) is 0 Å². The summed E-state index contributed by atoms with van der Waals surface area (Å²) in [5, 5.41) is 0. The first-order chi connectivity index (χ1) is 8.08. The first-order valence-corrected chi connectivity index (χ1v) is 6.47. The molecule has 0 aromatic carbocycles. The van der Waals surface area contributed by atoms with E-state index in [2.05, 4.69) is 13.8 Å².